The fourth-order valence-electron chi connectivity index (χ4n) is 2.08. The SMILES string of the molecule is CCO/C(C)=N/OCc1ccc(-c2ccc(OC(F)(F)F)cc2)cc1. The van der Waals surface area contributed by atoms with E-state index < -0.39 is 6.36 Å². The van der Waals surface area contributed by atoms with E-state index in [1.165, 1.54) is 12.1 Å². The highest BCUT2D eigenvalue weighted by Crippen LogP contribution is 2.26. The maximum atomic E-state index is 12.2. The zero-order chi connectivity index (χ0) is 18.3. The van der Waals surface area contributed by atoms with Gasteiger partial charge in [0, 0.05) is 6.92 Å². The number of oxime groups is 1. The minimum Gasteiger partial charge on any atom is -0.479 e. The van der Waals surface area contributed by atoms with E-state index in [4.69, 9.17) is 9.57 Å². The van der Waals surface area contributed by atoms with E-state index in [1.807, 2.05) is 31.2 Å². The fourth-order valence-corrected chi connectivity index (χ4v) is 2.08. The molecule has 0 heterocycles. The summed E-state index contributed by atoms with van der Waals surface area (Å²) in [4.78, 5) is 5.18. The molecule has 0 saturated carbocycles. The minimum atomic E-state index is -4.69. The van der Waals surface area contributed by atoms with Crippen LogP contribution in [0.4, 0.5) is 13.2 Å². The van der Waals surface area contributed by atoms with Gasteiger partial charge in [-0.3, -0.25) is 0 Å². The molecule has 0 aliphatic rings. The van der Waals surface area contributed by atoms with Gasteiger partial charge in [0.25, 0.3) is 0 Å². The quantitative estimate of drug-likeness (QED) is 0.410. The van der Waals surface area contributed by atoms with Crippen LogP contribution in [0.1, 0.15) is 19.4 Å². The number of benzene rings is 2. The van der Waals surface area contributed by atoms with E-state index in [-0.39, 0.29) is 5.75 Å². The summed E-state index contributed by atoms with van der Waals surface area (Å²) < 4.78 is 45.5. The lowest BCUT2D eigenvalue weighted by atomic mass is 10.0. The Hall–Kier alpha value is -2.70. The fraction of sp³-hybridized carbons (Fsp3) is 0.278. The molecule has 0 N–H and O–H groups in total. The molecule has 0 fully saturated rings. The standard InChI is InChI=1S/C18H18F3NO3/c1-3-23-13(2)22-24-12-14-4-6-15(7-5-14)16-8-10-17(11-9-16)25-18(19,20)21/h4-11H,3,12H2,1-2H3/b22-13+. The van der Waals surface area contributed by atoms with Crippen molar-refractivity contribution in [3.8, 4) is 16.9 Å². The second-order valence-corrected chi connectivity index (χ2v) is 5.09. The van der Waals surface area contributed by atoms with Crippen molar-refractivity contribution in [3.05, 3.63) is 54.1 Å². The van der Waals surface area contributed by atoms with Gasteiger partial charge in [-0.2, -0.15) is 0 Å². The molecule has 25 heavy (non-hydrogen) atoms. The Morgan fingerprint density at radius 1 is 0.960 bits per heavy atom. The van der Waals surface area contributed by atoms with E-state index >= 15 is 0 Å². The number of rotatable bonds is 6. The average molecular weight is 353 g/mol. The summed E-state index contributed by atoms with van der Waals surface area (Å²) in [6, 6.07) is 13.2. The van der Waals surface area contributed by atoms with Gasteiger partial charge in [0.15, 0.2) is 0 Å². The Bertz CT molecular complexity index is 695. The maximum Gasteiger partial charge on any atom is 0.573 e. The van der Waals surface area contributed by atoms with Crippen molar-refractivity contribution in [2.75, 3.05) is 6.61 Å². The van der Waals surface area contributed by atoms with Gasteiger partial charge in [0.1, 0.15) is 12.4 Å². The molecule has 0 atom stereocenters. The van der Waals surface area contributed by atoms with Gasteiger partial charge in [0.2, 0.25) is 5.90 Å². The monoisotopic (exact) mass is 353 g/mol. The second kappa shape index (κ2) is 8.41. The Labute approximate surface area is 143 Å². The van der Waals surface area contributed by atoms with Crippen molar-refractivity contribution >= 4 is 5.90 Å². The van der Waals surface area contributed by atoms with Crippen LogP contribution in [0.5, 0.6) is 5.75 Å². The van der Waals surface area contributed by atoms with Gasteiger partial charge in [-0.15, -0.1) is 13.2 Å². The Kier molecular flexibility index (Phi) is 6.27. The van der Waals surface area contributed by atoms with Gasteiger partial charge in [-0.25, -0.2) is 0 Å². The van der Waals surface area contributed by atoms with Gasteiger partial charge >= 0.3 is 6.36 Å². The van der Waals surface area contributed by atoms with Crippen LogP contribution in [-0.2, 0) is 16.2 Å². The van der Waals surface area contributed by atoms with Crippen LogP contribution in [0.15, 0.2) is 53.7 Å². The molecule has 0 spiro atoms. The zero-order valence-corrected chi connectivity index (χ0v) is 13.8. The lowest BCUT2D eigenvalue weighted by Gasteiger charge is -2.09. The van der Waals surface area contributed by atoms with E-state index in [9.17, 15) is 13.2 Å². The Morgan fingerprint density at radius 2 is 1.52 bits per heavy atom. The lowest BCUT2D eigenvalue weighted by molar-refractivity contribution is -0.274. The van der Waals surface area contributed by atoms with Crippen LogP contribution in [-0.4, -0.2) is 18.9 Å². The molecule has 4 nitrogen and oxygen atoms in total. The third-order valence-corrected chi connectivity index (χ3v) is 3.15. The molecule has 0 aromatic heterocycles. The smallest absolute Gasteiger partial charge is 0.479 e. The summed E-state index contributed by atoms with van der Waals surface area (Å²) in [5, 5.41) is 3.82. The van der Waals surface area contributed by atoms with Crippen LogP contribution in [0.3, 0.4) is 0 Å². The van der Waals surface area contributed by atoms with Gasteiger partial charge in [-0.05, 0) is 35.7 Å². The van der Waals surface area contributed by atoms with E-state index in [0.717, 1.165) is 16.7 Å². The number of alkyl halides is 3. The summed E-state index contributed by atoms with van der Waals surface area (Å²) in [5.41, 5.74) is 2.57. The summed E-state index contributed by atoms with van der Waals surface area (Å²) >= 11 is 0. The van der Waals surface area contributed by atoms with Gasteiger partial charge < -0.3 is 14.3 Å². The summed E-state index contributed by atoms with van der Waals surface area (Å²) in [6.07, 6.45) is -4.69. The first kappa shape index (κ1) is 18.6. The van der Waals surface area contributed by atoms with Crippen molar-refractivity contribution in [2.45, 2.75) is 26.8 Å². The number of hydrogen-bond donors (Lipinski definition) is 0. The minimum absolute atomic E-state index is 0.246. The maximum absolute atomic E-state index is 12.2. The number of hydrogen-bond acceptors (Lipinski definition) is 4. The highest BCUT2D eigenvalue weighted by atomic mass is 19.4. The topological polar surface area (TPSA) is 40.0 Å². The van der Waals surface area contributed by atoms with Gasteiger partial charge in [-0.1, -0.05) is 41.6 Å². The van der Waals surface area contributed by atoms with Crippen LogP contribution < -0.4 is 4.74 Å². The first-order valence-electron chi connectivity index (χ1n) is 7.62. The highest BCUT2D eigenvalue weighted by molar-refractivity contribution is 5.72. The first-order chi connectivity index (χ1) is 11.9. The second-order valence-electron chi connectivity index (χ2n) is 5.09. The molecule has 0 aliphatic carbocycles. The molecular weight excluding hydrogens is 335 g/mol. The largest absolute Gasteiger partial charge is 0.573 e. The highest BCUT2D eigenvalue weighted by Gasteiger charge is 2.30. The van der Waals surface area contributed by atoms with Crippen LogP contribution in [0, 0.1) is 0 Å². The number of ether oxygens (including phenoxy) is 2. The summed E-state index contributed by atoms with van der Waals surface area (Å²) in [6.45, 7) is 4.39. The van der Waals surface area contributed by atoms with E-state index in [0.29, 0.717) is 19.1 Å². The first-order valence-corrected chi connectivity index (χ1v) is 7.62. The third-order valence-electron chi connectivity index (χ3n) is 3.15. The van der Waals surface area contributed by atoms with E-state index in [1.54, 1.807) is 19.1 Å². The number of halogens is 3. The molecule has 0 amide bonds. The molecule has 134 valence electrons. The third kappa shape index (κ3) is 6.37. The Morgan fingerprint density at radius 3 is 2.04 bits per heavy atom. The number of nitrogens with zero attached hydrogens (tertiary/aromatic N) is 1. The predicted octanol–water partition coefficient (Wildman–Crippen LogP) is 5.14. The van der Waals surface area contributed by atoms with Crippen molar-refractivity contribution in [2.24, 2.45) is 5.16 Å². The molecule has 2 rings (SSSR count). The molecule has 0 aliphatic heterocycles. The molecule has 7 heteroatoms. The Balaban J connectivity index is 1.96. The van der Waals surface area contributed by atoms with Gasteiger partial charge in [0.05, 0.1) is 6.61 Å². The van der Waals surface area contributed by atoms with Crippen molar-refractivity contribution < 1.29 is 27.5 Å². The predicted molar refractivity (Wildman–Crippen MR) is 88.1 cm³/mol. The molecule has 2 aromatic carbocycles. The molecule has 0 saturated heterocycles. The van der Waals surface area contributed by atoms with Crippen LogP contribution >= 0.6 is 0 Å². The van der Waals surface area contributed by atoms with Crippen molar-refractivity contribution in [1.82, 2.24) is 0 Å². The molecular formula is C18H18F3NO3. The van der Waals surface area contributed by atoms with Crippen molar-refractivity contribution in [3.63, 3.8) is 0 Å². The molecule has 0 unspecified atom stereocenters. The van der Waals surface area contributed by atoms with Crippen LogP contribution in [0.25, 0.3) is 11.1 Å². The lowest BCUT2D eigenvalue weighted by Crippen LogP contribution is -2.16. The molecule has 2 aromatic rings. The summed E-state index contributed by atoms with van der Waals surface area (Å²) in [7, 11) is 0. The summed E-state index contributed by atoms with van der Waals surface area (Å²) in [5.74, 6) is 0.212. The normalized spacial score (nSPS) is 12.0. The molecule has 0 radical (unpaired) electrons. The van der Waals surface area contributed by atoms with Crippen molar-refractivity contribution in [1.29, 1.82) is 0 Å². The average Bonchev–Trinajstić information content (AvgIpc) is 2.55. The van der Waals surface area contributed by atoms with E-state index in [2.05, 4.69) is 9.89 Å². The zero-order valence-electron chi connectivity index (χ0n) is 13.8. The molecule has 0 bridgehead atoms. The van der Waals surface area contributed by atoms with Crippen LogP contribution in [0.2, 0.25) is 0 Å².